The summed E-state index contributed by atoms with van der Waals surface area (Å²) in [4.78, 5) is 32.9. The minimum Gasteiger partial charge on any atom is -0.497 e. The molecule has 2 fully saturated rings. The smallest absolute Gasteiger partial charge is 0.337 e. The van der Waals surface area contributed by atoms with Crippen molar-refractivity contribution in [2.45, 2.75) is 31.2 Å². The van der Waals surface area contributed by atoms with Crippen LogP contribution in [0.1, 0.15) is 12.0 Å². The van der Waals surface area contributed by atoms with Gasteiger partial charge in [0, 0.05) is 18.7 Å². The molecule has 2 aliphatic heterocycles. The van der Waals surface area contributed by atoms with Gasteiger partial charge in [0.15, 0.2) is 6.10 Å². The van der Waals surface area contributed by atoms with Crippen LogP contribution in [0.4, 0.5) is 5.69 Å². The lowest BCUT2D eigenvalue weighted by Crippen LogP contribution is -2.67. The van der Waals surface area contributed by atoms with Gasteiger partial charge in [0.2, 0.25) is 5.91 Å². The standard InChI is InChI=1S/C24H26N2O5/c1-4-19-22(26(23(19)27)17-10-12-18(29-2)13-11-17)20-14-21(24(28)30-3)31-25(20)15-16-8-6-5-7-9-16/h4-13,19-22H,1,14-15H2,2-3H3/t19-,20-,21-,22-/m0/s1. The maximum Gasteiger partial charge on any atom is 0.337 e. The monoisotopic (exact) mass is 422 g/mol. The molecule has 0 saturated carbocycles. The first-order valence-corrected chi connectivity index (χ1v) is 10.2. The van der Waals surface area contributed by atoms with Gasteiger partial charge in [-0.25, -0.2) is 4.79 Å². The van der Waals surface area contributed by atoms with Crippen molar-refractivity contribution in [1.29, 1.82) is 0 Å². The third-order valence-corrected chi connectivity index (χ3v) is 5.92. The Bertz CT molecular complexity index is 946. The third kappa shape index (κ3) is 3.94. The molecule has 7 heteroatoms. The zero-order valence-corrected chi connectivity index (χ0v) is 17.6. The predicted octanol–water partition coefficient (Wildman–Crippen LogP) is 2.96. The van der Waals surface area contributed by atoms with Gasteiger partial charge in [-0.3, -0.25) is 9.63 Å². The van der Waals surface area contributed by atoms with Crippen LogP contribution in [0.25, 0.3) is 0 Å². The van der Waals surface area contributed by atoms with Crippen molar-refractivity contribution in [2.75, 3.05) is 19.1 Å². The molecule has 2 saturated heterocycles. The average Bonchev–Trinajstić information content (AvgIpc) is 3.21. The number of hydroxylamine groups is 2. The molecular weight excluding hydrogens is 396 g/mol. The molecule has 2 aromatic rings. The van der Waals surface area contributed by atoms with Crippen molar-refractivity contribution in [3.8, 4) is 5.75 Å². The van der Waals surface area contributed by atoms with Crippen molar-refractivity contribution in [3.05, 3.63) is 72.8 Å². The number of esters is 1. The Hall–Kier alpha value is -3.16. The van der Waals surface area contributed by atoms with Crippen LogP contribution in [0.15, 0.2) is 67.3 Å². The first-order valence-electron chi connectivity index (χ1n) is 10.2. The number of carbonyl (C=O) groups excluding carboxylic acids is 2. The van der Waals surface area contributed by atoms with Crippen LogP contribution in [0.5, 0.6) is 5.75 Å². The molecule has 0 aromatic heterocycles. The van der Waals surface area contributed by atoms with Gasteiger partial charge in [-0.1, -0.05) is 36.4 Å². The van der Waals surface area contributed by atoms with Crippen LogP contribution >= 0.6 is 0 Å². The van der Waals surface area contributed by atoms with E-state index in [9.17, 15) is 9.59 Å². The predicted molar refractivity (Wildman–Crippen MR) is 115 cm³/mol. The maximum atomic E-state index is 12.9. The summed E-state index contributed by atoms with van der Waals surface area (Å²) in [5.41, 5.74) is 1.82. The van der Waals surface area contributed by atoms with Gasteiger partial charge in [0.05, 0.1) is 32.2 Å². The van der Waals surface area contributed by atoms with Crippen LogP contribution in [0, 0.1) is 5.92 Å². The zero-order valence-electron chi connectivity index (χ0n) is 17.6. The summed E-state index contributed by atoms with van der Waals surface area (Å²) in [5.74, 6) is -0.0803. The summed E-state index contributed by atoms with van der Waals surface area (Å²) < 4.78 is 10.2. The van der Waals surface area contributed by atoms with Gasteiger partial charge in [0.25, 0.3) is 0 Å². The molecule has 0 N–H and O–H groups in total. The van der Waals surface area contributed by atoms with E-state index in [-0.39, 0.29) is 23.9 Å². The van der Waals surface area contributed by atoms with Crippen molar-refractivity contribution in [2.24, 2.45) is 5.92 Å². The highest BCUT2D eigenvalue weighted by Gasteiger charge is 2.55. The fourth-order valence-electron chi connectivity index (χ4n) is 4.35. The average molecular weight is 422 g/mol. The molecule has 0 radical (unpaired) electrons. The van der Waals surface area contributed by atoms with Crippen LogP contribution in [-0.4, -0.2) is 49.3 Å². The number of anilines is 1. The number of hydrogen-bond acceptors (Lipinski definition) is 6. The molecule has 0 unspecified atom stereocenters. The molecule has 1 amide bonds. The topological polar surface area (TPSA) is 68.3 Å². The summed E-state index contributed by atoms with van der Waals surface area (Å²) in [5, 5.41) is 1.81. The van der Waals surface area contributed by atoms with E-state index in [2.05, 4.69) is 6.58 Å². The summed E-state index contributed by atoms with van der Waals surface area (Å²) in [6, 6.07) is 16.8. The van der Waals surface area contributed by atoms with Gasteiger partial charge in [-0.2, -0.15) is 5.06 Å². The quantitative estimate of drug-likeness (QED) is 0.388. The van der Waals surface area contributed by atoms with Crippen molar-refractivity contribution in [3.63, 3.8) is 0 Å². The molecule has 2 aliphatic rings. The Morgan fingerprint density at radius 2 is 1.87 bits per heavy atom. The van der Waals surface area contributed by atoms with E-state index in [4.69, 9.17) is 14.3 Å². The lowest BCUT2D eigenvalue weighted by atomic mass is 9.80. The molecule has 4 atom stereocenters. The number of hydrogen-bond donors (Lipinski definition) is 0. The molecular formula is C24H26N2O5. The number of rotatable bonds is 7. The summed E-state index contributed by atoms with van der Waals surface area (Å²) in [7, 11) is 2.95. The second-order valence-electron chi connectivity index (χ2n) is 7.64. The molecule has 0 spiro atoms. The van der Waals surface area contributed by atoms with Gasteiger partial charge in [0.1, 0.15) is 5.75 Å². The first-order chi connectivity index (χ1) is 15.1. The highest BCUT2D eigenvalue weighted by atomic mass is 16.7. The van der Waals surface area contributed by atoms with Gasteiger partial charge >= 0.3 is 5.97 Å². The lowest BCUT2D eigenvalue weighted by molar-refractivity contribution is -0.194. The van der Waals surface area contributed by atoms with E-state index < -0.39 is 12.1 Å². The second kappa shape index (κ2) is 8.91. The molecule has 2 aromatic carbocycles. The number of methoxy groups -OCH3 is 2. The van der Waals surface area contributed by atoms with Crippen LogP contribution in [0.3, 0.4) is 0 Å². The Labute approximate surface area is 181 Å². The van der Waals surface area contributed by atoms with E-state index in [1.54, 1.807) is 23.1 Å². The van der Waals surface area contributed by atoms with Crippen LogP contribution < -0.4 is 9.64 Å². The number of amides is 1. The summed E-state index contributed by atoms with van der Waals surface area (Å²) in [6.07, 6.45) is 1.39. The number of ether oxygens (including phenoxy) is 2. The van der Waals surface area contributed by atoms with Gasteiger partial charge in [-0.05, 0) is 29.8 Å². The van der Waals surface area contributed by atoms with E-state index in [0.717, 1.165) is 11.3 Å². The number of β-lactam (4-membered cyclic amide) rings is 1. The summed E-state index contributed by atoms with van der Waals surface area (Å²) in [6.45, 7) is 4.36. The Kier molecular flexibility index (Phi) is 6.06. The molecule has 7 nitrogen and oxygen atoms in total. The van der Waals surface area contributed by atoms with Crippen molar-refractivity contribution >= 4 is 17.6 Å². The molecule has 4 rings (SSSR count). The Morgan fingerprint density at radius 3 is 2.48 bits per heavy atom. The van der Waals surface area contributed by atoms with E-state index in [1.807, 2.05) is 54.6 Å². The second-order valence-corrected chi connectivity index (χ2v) is 7.64. The minimum atomic E-state index is -0.711. The third-order valence-electron chi connectivity index (χ3n) is 5.92. The summed E-state index contributed by atoms with van der Waals surface area (Å²) >= 11 is 0. The highest BCUT2D eigenvalue weighted by Crippen LogP contribution is 2.41. The molecule has 0 aliphatic carbocycles. The van der Waals surface area contributed by atoms with Gasteiger partial charge < -0.3 is 14.4 Å². The number of carbonyl (C=O) groups is 2. The largest absolute Gasteiger partial charge is 0.497 e. The first kappa shape index (κ1) is 21.1. The number of benzene rings is 2. The molecule has 31 heavy (non-hydrogen) atoms. The maximum absolute atomic E-state index is 12.9. The van der Waals surface area contributed by atoms with E-state index in [0.29, 0.717) is 18.7 Å². The molecule has 2 heterocycles. The van der Waals surface area contributed by atoms with E-state index >= 15 is 0 Å². The fourth-order valence-corrected chi connectivity index (χ4v) is 4.35. The normalized spacial score (nSPS) is 25.7. The van der Waals surface area contributed by atoms with Crippen LogP contribution in [-0.2, 0) is 25.7 Å². The Morgan fingerprint density at radius 1 is 1.16 bits per heavy atom. The van der Waals surface area contributed by atoms with Crippen molar-refractivity contribution < 1.29 is 23.9 Å². The van der Waals surface area contributed by atoms with Crippen molar-refractivity contribution in [1.82, 2.24) is 5.06 Å². The Balaban J connectivity index is 1.64. The minimum absolute atomic E-state index is 0.0219. The SMILES string of the molecule is C=C[C@@H]1C(=O)N(c2ccc(OC)cc2)[C@@H]1[C@@H]1C[C@@H](C(=O)OC)ON1Cc1ccccc1. The number of nitrogens with zero attached hydrogens (tertiary/aromatic N) is 2. The zero-order chi connectivity index (χ0) is 22.0. The molecule has 0 bridgehead atoms. The van der Waals surface area contributed by atoms with E-state index in [1.165, 1.54) is 7.11 Å². The van der Waals surface area contributed by atoms with Crippen LogP contribution in [0.2, 0.25) is 0 Å². The fraction of sp³-hybridized carbons (Fsp3) is 0.333. The molecule has 162 valence electrons. The van der Waals surface area contributed by atoms with Gasteiger partial charge in [-0.15, -0.1) is 6.58 Å². The lowest BCUT2D eigenvalue weighted by Gasteiger charge is -2.50. The highest BCUT2D eigenvalue weighted by molar-refractivity contribution is 6.04.